The topological polar surface area (TPSA) is 128 Å². The number of rotatable bonds is 8. The van der Waals surface area contributed by atoms with Crippen molar-refractivity contribution in [1.29, 1.82) is 0 Å². The number of ether oxygens (including phenoxy) is 1. The third kappa shape index (κ3) is 4.64. The van der Waals surface area contributed by atoms with Crippen LogP contribution in [0, 0.1) is 10.1 Å². The molecule has 3 rings (SSSR count). The van der Waals surface area contributed by atoms with Crippen molar-refractivity contribution in [1.82, 2.24) is 9.97 Å². The standard InChI is InChI=1S/C19H20N6O3/c1-2-28-15-10-8-14(9-11-15)22-18-16(25(26)27)17(20)23-19(24-18)21-12-13-6-4-3-5-7-13/h3-11H,2,12H2,1H3,(H4,20,21,22,23,24). The Morgan fingerprint density at radius 1 is 1.11 bits per heavy atom. The molecule has 1 aromatic heterocycles. The Balaban J connectivity index is 1.84. The number of nitrogens with zero attached hydrogens (tertiary/aromatic N) is 3. The van der Waals surface area contributed by atoms with Gasteiger partial charge in [-0.3, -0.25) is 10.1 Å². The quantitative estimate of drug-likeness (QED) is 0.398. The molecule has 144 valence electrons. The molecule has 0 unspecified atom stereocenters. The first kappa shape index (κ1) is 18.9. The average molecular weight is 380 g/mol. The first-order chi connectivity index (χ1) is 13.6. The zero-order valence-electron chi connectivity index (χ0n) is 15.3. The van der Waals surface area contributed by atoms with Gasteiger partial charge in [-0.1, -0.05) is 30.3 Å². The van der Waals surface area contributed by atoms with E-state index in [0.29, 0.717) is 24.6 Å². The zero-order valence-corrected chi connectivity index (χ0v) is 15.3. The van der Waals surface area contributed by atoms with Gasteiger partial charge in [-0.05, 0) is 36.8 Å². The van der Waals surface area contributed by atoms with Crippen molar-refractivity contribution in [2.45, 2.75) is 13.5 Å². The van der Waals surface area contributed by atoms with E-state index in [4.69, 9.17) is 10.5 Å². The van der Waals surface area contributed by atoms with Crippen LogP contribution in [0.5, 0.6) is 5.75 Å². The fourth-order valence-electron chi connectivity index (χ4n) is 2.53. The summed E-state index contributed by atoms with van der Waals surface area (Å²) in [5.74, 6) is 0.691. The van der Waals surface area contributed by atoms with Crippen molar-refractivity contribution in [3.63, 3.8) is 0 Å². The third-order valence-corrected chi connectivity index (χ3v) is 3.82. The van der Waals surface area contributed by atoms with Crippen molar-refractivity contribution in [3.8, 4) is 5.75 Å². The summed E-state index contributed by atoms with van der Waals surface area (Å²) in [6, 6.07) is 16.6. The molecular weight excluding hydrogens is 360 g/mol. The Hall–Kier alpha value is -3.88. The van der Waals surface area contributed by atoms with Gasteiger partial charge >= 0.3 is 5.69 Å². The second-order valence-electron chi connectivity index (χ2n) is 5.81. The molecule has 0 aliphatic carbocycles. The number of nitro groups is 1. The number of hydrogen-bond donors (Lipinski definition) is 3. The average Bonchev–Trinajstić information content (AvgIpc) is 2.68. The first-order valence-electron chi connectivity index (χ1n) is 8.66. The minimum absolute atomic E-state index is 0.0113. The summed E-state index contributed by atoms with van der Waals surface area (Å²) in [7, 11) is 0. The van der Waals surface area contributed by atoms with Crippen LogP contribution < -0.4 is 21.1 Å². The van der Waals surface area contributed by atoms with E-state index in [2.05, 4.69) is 20.6 Å². The second-order valence-corrected chi connectivity index (χ2v) is 5.81. The molecule has 0 aliphatic rings. The molecule has 9 nitrogen and oxygen atoms in total. The number of nitrogens with one attached hydrogen (secondary N) is 2. The molecule has 0 aliphatic heterocycles. The van der Waals surface area contributed by atoms with Crippen LogP contribution in [-0.2, 0) is 6.54 Å². The van der Waals surface area contributed by atoms with Crippen molar-refractivity contribution in [2.24, 2.45) is 0 Å². The van der Waals surface area contributed by atoms with E-state index in [-0.39, 0.29) is 23.3 Å². The summed E-state index contributed by atoms with van der Waals surface area (Å²) in [5.41, 5.74) is 7.07. The minimum Gasteiger partial charge on any atom is -0.494 e. The lowest BCUT2D eigenvalue weighted by molar-refractivity contribution is -0.383. The number of aromatic nitrogens is 2. The van der Waals surface area contributed by atoms with Crippen LogP contribution in [0.15, 0.2) is 54.6 Å². The highest BCUT2D eigenvalue weighted by Gasteiger charge is 2.23. The van der Waals surface area contributed by atoms with Crippen LogP contribution in [0.2, 0.25) is 0 Å². The molecule has 0 saturated carbocycles. The van der Waals surface area contributed by atoms with Crippen LogP contribution in [0.25, 0.3) is 0 Å². The highest BCUT2D eigenvalue weighted by Crippen LogP contribution is 2.31. The van der Waals surface area contributed by atoms with Crippen LogP contribution in [0.3, 0.4) is 0 Å². The van der Waals surface area contributed by atoms with Crippen LogP contribution in [-0.4, -0.2) is 21.5 Å². The van der Waals surface area contributed by atoms with E-state index in [0.717, 1.165) is 5.56 Å². The number of hydrogen-bond acceptors (Lipinski definition) is 8. The summed E-state index contributed by atoms with van der Waals surface area (Å²) in [6.07, 6.45) is 0. The lowest BCUT2D eigenvalue weighted by atomic mass is 10.2. The fourth-order valence-corrected chi connectivity index (χ4v) is 2.53. The predicted molar refractivity (Wildman–Crippen MR) is 108 cm³/mol. The molecule has 2 aromatic carbocycles. The van der Waals surface area contributed by atoms with Gasteiger partial charge in [0, 0.05) is 12.2 Å². The van der Waals surface area contributed by atoms with E-state index in [1.807, 2.05) is 37.3 Å². The van der Waals surface area contributed by atoms with E-state index >= 15 is 0 Å². The summed E-state index contributed by atoms with van der Waals surface area (Å²) >= 11 is 0. The normalized spacial score (nSPS) is 10.3. The molecule has 1 heterocycles. The minimum atomic E-state index is -0.604. The van der Waals surface area contributed by atoms with Gasteiger partial charge in [0.15, 0.2) is 0 Å². The lowest BCUT2D eigenvalue weighted by Gasteiger charge is -2.11. The third-order valence-electron chi connectivity index (χ3n) is 3.82. The van der Waals surface area contributed by atoms with Gasteiger partial charge in [-0.25, -0.2) is 0 Å². The number of benzene rings is 2. The highest BCUT2D eigenvalue weighted by molar-refractivity contribution is 5.74. The van der Waals surface area contributed by atoms with E-state index in [1.165, 1.54) is 0 Å². The van der Waals surface area contributed by atoms with Gasteiger partial charge in [0.25, 0.3) is 0 Å². The molecular formula is C19H20N6O3. The van der Waals surface area contributed by atoms with Gasteiger partial charge in [-0.2, -0.15) is 9.97 Å². The van der Waals surface area contributed by atoms with Gasteiger partial charge in [-0.15, -0.1) is 0 Å². The molecule has 4 N–H and O–H groups in total. The molecule has 0 amide bonds. The molecule has 0 radical (unpaired) electrons. The second kappa shape index (κ2) is 8.67. The Morgan fingerprint density at radius 2 is 1.82 bits per heavy atom. The first-order valence-corrected chi connectivity index (χ1v) is 8.66. The maximum Gasteiger partial charge on any atom is 0.353 e. The highest BCUT2D eigenvalue weighted by atomic mass is 16.6. The Bertz CT molecular complexity index is 948. The maximum absolute atomic E-state index is 11.4. The van der Waals surface area contributed by atoms with Crippen molar-refractivity contribution >= 4 is 29.0 Å². The summed E-state index contributed by atoms with van der Waals surface area (Å²) in [5, 5.41) is 17.4. The zero-order chi connectivity index (χ0) is 19.9. The van der Waals surface area contributed by atoms with Gasteiger partial charge < -0.3 is 21.1 Å². The molecule has 3 aromatic rings. The van der Waals surface area contributed by atoms with Crippen molar-refractivity contribution < 1.29 is 9.66 Å². The Morgan fingerprint density at radius 3 is 2.46 bits per heavy atom. The SMILES string of the molecule is CCOc1ccc(Nc2nc(NCc3ccccc3)nc(N)c2[N+](=O)[O-])cc1. The van der Waals surface area contributed by atoms with Gasteiger partial charge in [0.2, 0.25) is 17.6 Å². The monoisotopic (exact) mass is 380 g/mol. The molecule has 28 heavy (non-hydrogen) atoms. The van der Waals surface area contributed by atoms with E-state index in [1.54, 1.807) is 24.3 Å². The van der Waals surface area contributed by atoms with Gasteiger partial charge in [0.1, 0.15) is 5.75 Å². The van der Waals surface area contributed by atoms with Crippen LogP contribution in [0.1, 0.15) is 12.5 Å². The number of nitrogens with two attached hydrogens (primary N) is 1. The predicted octanol–water partition coefficient (Wildman–Crippen LogP) is 3.72. The van der Waals surface area contributed by atoms with E-state index < -0.39 is 4.92 Å². The van der Waals surface area contributed by atoms with Crippen molar-refractivity contribution in [2.75, 3.05) is 23.0 Å². The van der Waals surface area contributed by atoms with Crippen LogP contribution >= 0.6 is 0 Å². The molecule has 0 spiro atoms. The lowest BCUT2D eigenvalue weighted by Crippen LogP contribution is -2.10. The largest absolute Gasteiger partial charge is 0.494 e. The maximum atomic E-state index is 11.4. The number of nitrogen functional groups attached to an aromatic ring is 1. The Labute approximate surface area is 161 Å². The molecule has 0 fully saturated rings. The summed E-state index contributed by atoms with van der Waals surface area (Å²) < 4.78 is 5.39. The number of anilines is 4. The molecule has 9 heteroatoms. The summed E-state index contributed by atoms with van der Waals surface area (Å²) in [4.78, 5) is 19.1. The van der Waals surface area contributed by atoms with Crippen molar-refractivity contribution in [3.05, 3.63) is 70.3 Å². The fraction of sp³-hybridized carbons (Fsp3) is 0.158. The van der Waals surface area contributed by atoms with Crippen LogP contribution in [0.4, 0.5) is 29.0 Å². The summed E-state index contributed by atoms with van der Waals surface area (Å²) in [6.45, 7) is 2.90. The Kier molecular flexibility index (Phi) is 5.85. The molecule has 0 saturated heterocycles. The molecule has 0 atom stereocenters. The smallest absolute Gasteiger partial charge is 0.353 e. The van der Waals surface area contributed by atoms with E-state index in [9.17, 15) is 10.1 Å². The molecule has 0 bridgehead atoms. The van der Waals surface area contributed by atoms with Gasteiger partial charge in [0.05, 0.1) is 11.5 Å².